The lowest BCUT2D eigenvalue weighted by atomic mass is 10.0. The molecule has 0 atom stereocenters. The van der Waals surface area contributed by atoms with Gasteiger partial charge in [-0.05, 0) is 68.9 Å². The van der Waals surface area contributed by atoms with Crippen LogP contribution in [0.4, 0.5) is 0 Å². The van der Waals surface area contributed by atoms with Crippen molar-refractivity contribution in [3.63, 3.8) is 0 Å². The van der Waals surface area contributed by atoms with Gasteiger partial charge in [0.05, 0.1) is 0 Å². The van der Waals surface area contributed by atoms with Crippen molar-refractivity contribution in [2.24, 2.45) is 5.92 Å². The summed E-state index contributed by atoms with van der Waals surface area (Å²) < 4.78 is 0. The molecule has 0 heterocycles. The Bertz CT molecular complexity index is 939. The first-order valence-corrected chi connectivity index (χ1v) is 13.5. The van der Waals surface area contributed by atoms with Gasteiger partial charge in [-0.1, -0.05) is 129 Å². The summed E-state index contributed by atoms with van der Waals surface area (Å²) >= 11 is 1.99. The van der Waals surface area contributed by atoms with E-state index in [9.17, 15) is 0 Å². The van der Waals surface area contributed by atoms with E-state index in [1.54, 1.807) is 0 Å². The van der Waals surface area contributed by atoms with Gasteiger partial charge in [-0.3, -0.25) is 0 Å². The third-order valence-corrected chi connectivity index (χ3v) is 6.17. The highest BCUT2D eigenvalue weighted by Crippen LogP contribution is 2.17. The Morgan fingerprint density at radius 1 is 0.647 bits per heavy atom. The molecule has 0 saturated carbocycles. The highest BCUT2D eigenvalue weighted by Gasteiger charge is 1.96. The van der Waals surface area contributed by atoms with Crippen molar-refractivity contribution in [3.8, 4) is 0 Å². The first kappa shape index (κ1) is 29.8. The van der Waals surface area contributed by atoms with Crippen molar-refractivity contribution < 1.29 is 0 Å². The van der Waals surface area contributed by atoms with Crippen molar-refractivity contribution >= 4 is 17.8 Å². The third kappa shape index (κ3) is 14.8. The van der Waals surface area contributed by atoms with Crippen molar-refractivity contribution in [1.29, 1.82) is 0 Å². The highest BCUT2D eigenvalue weighted by atomic mass is 32.2. The number of thioether (sulfide) groups is 1. The second-order valence-corrected chi connectivity index (χ2v) is 11.6. The van der Waals surface area contributed by atoms with Crippen LogP contribution in [0.1, 0.15) is 74.9 Å². The van der Waals surface area contributed by atoms with E-state index in [1.807, 2.05) is 11.8 Å². The monoisotopic (exact) mass is 474 g/mol. The fourth-order valence-electron chi connectivity index (χ4n) is 3.14. The minimum absolute atomic E-state index is 0.728. The quantitative estimate of drug-likeness (QED) is 0.342. The Balaban J connectivity index is 0.000000255. The maximum absolute atomic E-state index is 2.25. The lowest BCUT2D eigenvalue weighted by molar-refractivity contribution is 0.647. The summed E-state index contributed by atoms with van der Waals surface area (Å²) in [5.74, 6) is 1.90. The van der Waals surface area contributed by atoms with Crippen LogP contribution in [-0.4, -0.2) is 5.25 Å². The van der Waals surface area contributed by atoms with E-state index in [-0.39, 0.29) is 0 Å². The number of aryl methyl sites for hydroxylation is 3. The van der Waals surface area contributed by atoms with Crippen molar-refractivity contribution in [2.75, 3.05) is 0 Å². The van der Waals surface area contributed by atoms with Crippen LogP contribution in [0.5, 0.6) is 0 Å². The Morgan fingerprint density at radius 2 is 1.06 bits per heavy atom. The highest BCUT2D eigenvalue weighted by molar-refractivity contribution is 7.99. The second kappa shape index (κ2) is 16.4. The smallest absolute Gasteiger partial charge is 0.0187 e. The Morgan fingerprint density at radius 3 is 1.44 bits per heavy atom. The Kier molecular flexibility index (Phi) is 14.4. The summed E-state index contributed by atoms with van der Waals surface area (Å²) in [7, 11) is 0. The van der Waals surface area contributed by atoms with Crippen LogP contribution in [0.15, 0.2) is 78.4 Å². The first-order valence-electron chi connectivity index (χ1n) is 12.5. The van der Waals surface area contributed by atoms with Gasteiger partial charge in [0.15, 0.2) is 0 Å². The predicted molar refractivity (Wildman–Crippen MR) is 158 cm³/mol. The lowest BCUT2D eigenvalue weighted by Crippen LogP contribution is -1.93. The molecule has 3 aromatic carbocycles. The van der Waals surface area contributed by atoms with E-state index in [0.29, 0.717) is 0 Å². The van der Waals surface area contributed by atoms with E-state index < -0.39 is 0 Å². The molecule has 0 aliphatic heterocycles. The number of hydrogen-bond acceptors (Lipinski definition) is 1. The molecular weight excluding hydrogens is 428 g/mol. The van der Waals surface area contributed by atoms with E-state index in [0.717, 1.165) is 16.9 Å². The van der Waals surface area contributed by atoms with Crippen LogP contribution in [0.3, 0.4) is 0 Å². The van der Waals surface area contributed by atoms with Crippen LogP contribution < -0.4 is 0 Å². The molecule has 3 aromatic rings. The summed E-state index contributed by atoms with van der Waals surface area (Å²) in [6.07, 6.45) is 3.37. The normalized spacial score (nSPS) is 10.2. The maximum Gasteiger partial charge on any atom is 0.0187 e. The zero-order valence-corrected chi connectivity index (χ0v) is 23.8. The molecule has 0 aliphatic carbocycles. The van der Waals surface area contributed by atoms with E-state index in [2.05, 4.69) is 141 Å². The molecule has 3 rings (SSSR count). The van der Waals surface area contributed by atoms with Gasteiger partial charge in [0.1, 0.15) is 0 Å². The van der Waals surface area contributed by atoms with Gasteiger partial charge in [0.2, 0.25) is 0 Å². The van der Waals surface area contributed by atoms with Crippen molar-refractivity contribution in [1.82, 2.24) is 0 Å². The largest absolute Gasteiger partial charge is 0.154 e. The van der Waals surface area contributed by atoms with E-state index >= 15 is 0 Å². The van der Waals surface area contributed by atoms with Gasteiger partial charge >= 0.3 is 0 Å². The van der Waals surface area contributed by atoms with Crippen molar-refractivity contribution in [3.05, 3.63) is 112 Å². The molecule has 34 heavy (non-hydrogen) atoms. The third-order valence-electron chi connectivity index (χ3n) is 5.00. The molecule has 0 N–H and O–H groups in total. The number of allylic oxidation sites excluding steroid dienone is 1. The average molecular weight is 475 g/mol. The summed E-state index contributed by atoms with van der Waals surface area (Å²) in [6.45, 7) is 19.5. The number of benzene rings is 3. The topological polar surface area (TPSA) is 0 Å². The molecule has 0 aromatic heterocycles. The van der Waals surface area contributed by atoms with Gasteiger partial charge < -0.3 is 0 Å². The number of hydrogen-bond donors (Lipinski definition) is 0. The Hall–Kier alpha value is -2.25. The average Bonchev–Trinajstić information content (AvgIpc) is 2.77. The van der Waals surface area contributed by atoms with Crippen LogP contribution >= 0.6 is 11.8 Å². The molecule has 184 valence electrons. The Labute approximate surface area is 214 Å². The second-order valence-electron chi connectivity index (χ2n) is 10.1. The van der Waals surface area contributed by atoms with Crippen LogP contribution in [0.2, 0.25) is 0 Å². The van der Waals surface area contributed by atoms with Gasteiger partial charge in [-0.25, -0.2) is 0 Å². The molecule has 0 saturated heterocycles. The summed E-state index contributed by atoms with van der Waals surface area (Å²) in [5.41, 5.74) is 9.51. The predicted octanol–water partition coefficient (Wildman–Crippen LogP) is 10.2. The molecule has 0 nitrogen and oxygen atoms in total. The lowest BCUT2D eigenvalue weighted by Gasteiger charge is -2.04. The fraction of sp³-hybridized carbons (Fsp3) is 0.394. The van der Waals surface area contributed by atoms with Gasteiger partial charge in [0.25, 0.3) is 0 Å². The number of rotatable bonds is 6. The molecule has 1 heteroatoms. The summed E-state index contributed by atoms with van der Waals surface area (Å²) in [5, 5.41) is 0.728. The molecule has 0 unspecified atom stereocenters. The van der Waals surface area contributed by atoms with E-state index in [1.165, 1.54) is 45.4 Å². The molecule has 0 radical (unpaired) electrons. The van der Waals surface area contributed by atoms with E-state index in [4.69, 9.17) is 0 Å². The summed E-state index contributed by atoms with van der Waals surface area (Å²) in [4.78, 5) is 0. The minimum Gasteiger partial charge on any atom is -0.154 e. The van der Waals surface area contributed by atoms with Gasteiger partial charge in [-0.15, -0.1) is 0 Å². The zero-order valence-electron chi connectivity index (χ0n) is 23.0. The molecular formula is C33H46S. The fourth-order valence-corrected chi connectivity index (χ4v) is 3.86. The molecule has 0 aliphatic rings. The minimum atomic E-state index is 0.728. The van der Waals surface area contributed by atoms with Gasteiger partial charge in [0, 0.05) is 5.75 Å². The molecule has 0 amide bonds. The SMILES string of the molecule is CC(C)=Cc1ccc(C)cc1.Cc1ccc(CC(C)C)cc1.Cc1ccc(CSC(C)C)cc1. The maximum atomic E-state index is 2.25. The van der Waals surface area contributed by atoms with Gasteiger partial charge in [-0.2, -0.15) is 11.8 Å². The molecule has 0 fully saturated rings. The zero-order chi connectivity index (χ0) is 25.5. The van der Waals surface area contributed by atoms with Crippen molar-refractivity contribution in [2.45, 2.75) is 79.7 Å². The molecule has 0 spiro atoms. The van der Waals surface area contributed by atoms with Crippen LogP contribution in [0, 0.1) is 26.7 Å². The van der Waals surface area contributed by atoms with Crippen LogP contribution in [-0.2, 0) is 12.2 Å². The standard InChI is InChI=1S/C11H16S.C11H16.C11H14/c1-9(2)12-8-11-6-4-10(3)5-7-11;2*1-9(2)8-11-6-4-10(3)5-7-11/h4-7,9H,8H2,1-3H3;4-7,9H,8H2,1-3H3;4-8H,1-3H3. The first-order chi connectivity index (χ1) is 16.0. The molecule has 0 bridgehead atoms. The summed E-state index contributed by atoms with van der Waals surface area (Å²) in [6, 6.07) is 26.1. The van der Waals surface area contributed by atoms with Crippen LogP contribution in [0.25, 0.3) is 6.08 Å².